The molecule has 0 N–H and O–H groups in total. The quantitative estimate of drug-likeness (QED) is 0.262. The van der Waals surface area contributed by atoms with E-state index < -0.39 is 0 Å². The Hall–Kier alpha value is -3.87. The maximum atomic E-state index is 11.5. The van der Waals surface area contributed by atoms with Gasteiger partial charge in [-0.15, -0.1) is 0 Å². The Morgan fingerprint density at radius 2 is 1.73 bits per heavy atom. The van der Waals surface area contributed by atoms with Crippen LogP contribution >= 0.6 is 0 Å². The predicted molar refractivity (Wildman–Crippen MR) is 110 cm³/mol. The zero-order valence-corrected chi connectivity index (χ0v) is 16.3. The summed E-state index contributed by atoms with van der Waals surface area (Å²) in [6.45, 7) is 2.24. The average molecular weight is 405 g/mol. The lowest BCUT2D eigenvalue weighted by Gasteiger charge is -2.10. The van der Waals surface area contributed by atoms with E-state index in [1.807, 2.05) is 36.4 Å². The Morgan fingerprint density at radius 3 is 2.53 bits per heavy atom. The molecule has 2 aliphatic rings. The van der Waals surface area contributed by atoms with Gasteiger partial charge in [-0.1, -0.05) is 12.1 Å². The van der Waals surface area contributed by atoms with E-state index in [-0.39, 0.29) is 18.0 Å². The highest BCUT2D eigenvalue weighted by atomic mass is 16.6. The molecular formula is C23H19NO6. The Kier molecular flexibility index (Phi) is 5.61. The van der Waals surface area contributed by atoms with Crippen molar-refractivity contribution in [1.82, 2.24) is 4.98 Å². The summed E-state index contributed by atoms with van der Waals surface area (Å²) in [5.41, 5.74) is 2.70. The molecule has 0 saturated heterocycles. The van der Waals surface area contributed by atoms with E-state index in [1.165, 1.54) is 19.1 Å². The molecule has 0 bridgehead atoms. The van der Waals surface area contributed by atoms with Gasteiger partial charge in [-0.05, 0) is 42.0 Å². The number of carbonyl (C=O) groups is 1. The second kappa shape index (κ2) is 8.65. The minimum absolute atomic E-state index is 0.126. The zero-order valence-electron chi connectivity index (χ0n) is 16.3. The van der Waals surface area contributed by atoms with Crippen LogP contribution in [0.1, 0.15) is 12.5 Å². The first-order chi connectivity index (χ1) is 14.6. The van der Waals surface area contributed by atoms with E-state index in [1.54, 1.807) is 12.1 Å². The third kappa shape index (κ3) is 4.75. The van der Waals surface area contributed by atoms with Crippen LogP contribution in [-0.4, -0.2) is 24.2 Å². The van der Waals surface area contributed by atoms with E-state index in [4.69, 9.17) is 18.6 Å². The summed E-state index contributed by atoms with van der Waals surface area (Å²) >= 11 is 0. The third-order valence-corrected chi connectivity index (χ3v) is 4.31. The lowest BCUT2D eigenvalue weighted by Crippen LogP contribution is -2.09. The largest absolute Gasteiger partial charge is 0.490 e. The molecule has 0 atom stereocenters. The summed E-state index contributed by atoms with van der Waals surface area (Å²) < 4.78 is 22.0. The van der Waals surface area contributed by atoms with E-state index in [0.717, 1.165) is 5.56 Å². The van der Waals surface area contributed by atoms with Crippen molar-refractivity contribution in [3.8, 4) is 23.0 Å². The predicted octanol–water partition coefficient (Wildman–Crippen LogP) is 3.81. The van der Waals surface area contributed by atoms with E-state index in [0.29, 0.717) is 47.3 Å². The summed E-state index contributed by atoms with van der Waals surface area (Å²) in [6.07, 6.45) is 0. The normalized spacial score (nSPS) is 10.8. The fourth-order valence-corrected chi connectivity index (χ4v) is 2.87. The molecule has 0 aromatic heterocycles. The molecule has 0 unspecified atom stereocenters. The molecule has 152 valence electrons. The summed E-state index contributed by atoms with van der Waals surface area (Å²) in [6, 6.07) is 17.4. The zero-order chi connectivity index (χ0) is 20.9. The van der Waals surface area contributed by atoms with Gasteiger partial charge in [0.15, 0.2) is 16.8 Å². The van der Waals surface area contributed by atoms with E-state index in [2.05, 4.69) is 4.98 Å². The smallest absolute Gasteiger partial charge is 0.302 e. The van der Waals surface area contributed by atoms with Crippen molar-refractivity contribution in [2.75, 3.05) is 13.2 Å². The topological polar surface area (TPSA) is 87.9 Å². The van der Waals surface area contributed by atoms with Gasteiger partial charge in [-0.3, -0.25) is 9.59 Å². The van der Waals surface area contributed by atoms with Crippen LogP contribution in [0.5, 0.6) is 11.5 Å². The molecule has 0 radical (unpaired) electrons. The monoisotopic (exact) mass is 405 g/mol. The molecule has 4 rings (SSSR count). The van der Waals surface area contributed by atoms with Crippen molar-refractivity contribution >= 4 is 17.1 Å². The van der Waals surface area contributed by atoms with Crippen molar-refractivity contribution in [1.29, 1.82) is 0 Å². The van der Waals surface area contributed by atoms with Crippen LogP contribution < -0.4 is 14.9 Å². The molecule has 0 spiro atoms. The number of ether oxygens (including phenoxy) is 3. The van der Waals surface area contributed by atoms with Crippen LogP contribution in [-0.2, 0) is 16.1 Å². The minimum atomic E-state index is -0.327. The molecule has 7 nitrogen and oxygen atoms in total. The highest BCUT2D eigenvalue weighted by Crippen LogP contribution is 2.27. The van der Waals surface area contributed by atoms with Crippen LogP contribution in [0.3, 0.4) is 0 Å². The average Bonchev–Trinajstić information content (AvgIpc) is 2.74. The standard InChI is InChI=1S/C23H19NO6/c1-15(25)27-10-11-28-18-5-2-16(3-6-18)14-29-19-7-9-21-23(13-19)30-22-12-17(26)4-8-20(22)24-21/h2-9,12-13H,10-11,14H2,1H3. The van der Waals surface area contributed by atoms with Crippen LogP contribution in [0.25, 0.3) is 22.6 Å². The minimum Gasteiger partial charge on any atom is -0.490 e. The first kappa shape index (κ1) is 19.4. The molecule has 0 fully saturated rings. The van der Waals surface area contributed by atoms with Gasteiger partial charge in [-0.25, -0.2) is 4.98 Å². The fourth-order valence-electron chi connectivity index (χ4n) is 2.87. The SMILES string of the molecule is CC(=O)OCCOc1ccc(COc2ccc3nc4ccc(=O)cc-4oc3c2)cc1. The molecule has 2 aromatic rings. The van der Waals surface area contributed by atoms with Crippen LogP contribution in [0.2, 0.25) is 0 Å². The summed E-state index contributed by atoms with van der Waals surface area (Å²) in [4.78, 5) is 26.7. The Labute approximate surface area is 172 Å². The number of hydrogen-bond donors (Lipinski definition) is 0. The summed E-state index contributed by atoms with van der Waals surface area (Å²) in [7, 11) is 0. The highest BCUT2D eigenvalue weighted by Gasteiger charge is 2.10. The first-order valence-corrected chi connectivity index (χ1v) is 9.39. The second-order valence-electron chi connectivity index (χ2n) is 6.59. The van der Waals surface area contributed by atoms with Crippen molar-refractivity contribution in [3.63, 3.8) is 0 Å². The Bertz CT molecular complexity index is 1200. The van der Waals surface area contributed by atoms with Gasteiger partial charge in [0.25, 0.3) is 0 Å². The number of benzene rings is 3. The fraction of sp³-hybridized carbons (Fsp3) is 0.174. The van der Waals surface area contributed by atoms with Crippen molar-refractivity contribution < 1.29 is 23.4 Å². The van der Waals surface area contributed by atoms with Gasteiger partial charge in [0.2, 0.25) is 0 Å². The number of aromatic nitrogens is 1. The molecule has 2 aromatic carbocycles. The highest BCUT2D eigenvalue weighted by molar-refractivity contribution is 5.77. The van der Waals surface area contributed by atoms with Crippen LogP contribution in [0.4, 0.5) is 0 Å². The van der Waals surface area contributed by atoms with Gasteiger partial charge in [0.1, 0.15) is 42.5 Å². The number of esters is 1. The lowest BCUT2D eigenvalue weighted by molar-refractivity contribution is -0.141. The van der Waals surface area contributed by atoms with Crippen molar-refractivity contribution in [3.05, 3.63) is 76.5 Å². The molecule has 1 heterocycles. The molecule has 0 amide bonds. The van der Waals surface area contributed by atoms with Gasteiger partial charge in [0, 0.05) is 19.1 Å². The number of rotatable bonds is 7. The third-order valence-electron chi connectivity index (χ3n) is 4.31. The van der Waals surface area contributed by atoms with Gasteiger partial charge < -0.3 is 18.6 Å². The van der Waals surface area contributed by atoms with Gasteiger partial charge >= 0.3 is 5.97 Å². The number of carbonyl (C=O) groups excluding carboxylic acids is 1. The second-order valence-corrected chi connectivity index (χ2v) is 6.59. The molecule has 1 aliphatic carbocycles. The van der Waals surface area contributed by atoms with Crippen molar-refractivity contribution in [2.45, 2.75) is 13.5 Å². The lowest BCUT2D eigenvalue weighted by atomic mass is 10.2. The maximum Gasteiger partial charge on any atom is 0.302 e. The number of hydrogen-bond acceptors (Lipinski definition) is 7. The van der Waals surface area contributed by atoms with Crippen molar-refractivity contribution in [2.24, 2.45) is 0 Å². The summed E-state index contributed by atoms with van der Waals surface area (Å²) in [5.74, 6) is 1.43. The number of fused-ring (bicyclic) bond motifs is 2. The van der Waals surface area contributed by atoms with E-state index >= 15 is 0 Å². The molecule has 1 aliphatic heterocycles. The molecule has 7 heteroatoms. The van der Waals surface area contributed by atoms with E-state index in [9.17, 15) is 9.59 Å². The van der Waals surface area contributed by atoms with Gasteiger partial charge in [-0.2, -0.15) is 0 Å². The summed E-state index contributed by atoms with van der Waals surface area (Å²) in [5, 5.41) is 0. The maximum absolute atomic E-state index is 11.5. The Morgan fingerprint density at radius 1 is 0.933 bits per heavy atom. The van der Waals surface area contributed by atoms with Crippen LogP contribution in [0.15, 0.2) is 69.9 Å². The molecule has 30 heavy (non-hydrogen) atoms. The molecule has 0 saturated carbocycles. The molecular weight excluding hydrogens is 386 g/mol. The van der Waals surface area contributed by atoms with Gasteiger partial charge in [0.05, 0.1) is 0 Å². The number of nitrogens with zero attached hydrogens (tertiary/aromatic N) is 1. The first-order valence-electron chi connectivity index (χ1n) is 9.39. The van der Waals surface area contributed by atoms with Crippen LogP contribution in [0, 0.1) is 0 Å². The Balaban J connectivity index is 1.39.